The van der Waals surface area contributed by atoms with Gasteiger partial charge >= 0.3 is 0 Å². The lowest BCUT2D eigenvalue weighted by Gasteiger charge is -2.30. The number of nitrogens with one attached hydrogen (secondary N) is 1. The van der Waals surface area contributed by atoms with E-state index in [4.69, 9.17) is 4.52 Å². The van der Waals surface area contributed by atoms with Crippen molar-refractivity contribution in [2.75, 3.05) is 26.2 Å². The van der Waals surface area contributed by atoms with E-state index in [1.807, 2.05) is 13.8 Å². The molecule has 0 atom stereocenters. The van der Waals surface area contributed by atoms with Crippen LogP contribution < -0.4 is 5.32 Å². The molecular weight excluding hydrogens is 280 g/mol. The highest BCUT2D eigenvalue weighted by Crippen LogP contribution is 2.20. The number of carbonyl (C=O) groups is 1. The smallest absolute Gasteiger partial charge is 0.228 e. The number of likely N-dealkylation sites (tertiary alicyclic amines) is 1. The Morgan fingerprint density at radius 1 is 1.41 bits per heavy atom. The number of amides is 1. The summed E-state index contributed by atoms with van der Waals surface area (Å²) in [5.41, 5.74) is 0. The molecule has 6 nitrogen and oxygen atoms in total. The zero-order chi connectivity index (χ0) is 15.9. The quantitative estimate of drug-likeness (QED) is 0.834. The minimum Gasteiger partial charge on any atom is -0.356 e. The van der Waals surface area contributed by atoms with Gasteiger partial charge < -0.3 is 14.7 Å². The van der Waals surface area contributed by atoms with Gasteiger partial charge in [-0.2, -0.15) is 4.98 Å². The fourth-order valence-electron chi connectivity index (χ4n) is 2.75. The van der Waals surface area contributed by atoms with E-state index in [-0.39, 0.29) is 11.8 Å². The summed E-state index contributed by atoms with van der Waals surface area (Å²) in [6.45, 7) is 10.2. The van der Waals surface area contributed by atoms with Crippen LogP contribution >= 0.6 is 0 Å². The summed E-state index contributed by atoms with van der Waals surface area (Å²) < 4.78 is 5.16. The topological polar surface area (TPSA) is 71.3 Å². The van der Waals surface area contributed by atoms with Crippen molar-refractivity contribution in [3.63, 3.8) is 0 Å². The first-order valence-corrected chi connectivity index (χ1v) is 8.40. The van der Waals surface area contributed by atoms with E-state index < -0.39 is 0 Å². The maximum Gasteiger partial charge on any atom is 0.228 e. The van der Waals surface area contributed by atoms with E-state index in [1.165, 1.54) is 0 Å². The largest absolute Gasteiger partial charge is 0.356 e. The van der Waals surface area contributed by atoms with Crippen LogP contribution in [0.1, 0.15) is 57.7 Å². The van der Waals surface area contributed by atoms with Crippen LogP contribution in [0.2, 0.25) is 0 Å². The van der Waals surface area contributed by atoms with Crippen LogP contribution in [0.3, 0.4) is 0 Å². The summed E-state index contributed by atoms with van der Waals surface area (Å²) in [6, 6.07) is 0. The van der Waals surface area contributed by atoms with Crippen molar-refractivity contribution in [3.05, 3.63) is 11.7 Å². The molecule has 124 valence electrons. The summed E-state index contributed by atoms with van der Waals surface area (Å²) in [5.74, 6) is 2.25. The molecule has 1 N–H and O–H groups in total. The first kappa shape index (κ1) is 16.9. The highest BCUT2D eigenvalue weighted by atomic mass is 16.5. The zero-order valence-electron chi connectivity index (χ0n) is 14.0. The van der Waals surface area contributed by atoms with Crippen molar-refractivity contribution in [3.8, 4) is 0 Å². The molecular formula is C16H28N4O2. The van der Waals surface area contributed by atoms with Crippen LogP contribution in [0.5, 0.6) is 0 Å². The molecule has 2 heterocycles. The van der Waals surface area contributed by atoms with Gasteiger partial charge in [0.05, 0.1) is 0 Å². The lowest BCUT2D eigenvalue weighted by Crippen LogP contribution is -2.36. The third-order valence-electron chi connectivity index (χ3n) is 4.29. The Morgan fingerprint density at radius 2 is 2.14 bits per heavy atom. The second-order valence-corrected chi connectivity index (χ2v) is 6.38. The van der Waals surface area contributed by atoms with Crippen molar-refractivity contribution >= 4 is 5.91 Å². The molecule has 0 radical (unpaired) electrons. The number of hydrogen-bond acceptors (Lipinski definition) is 5. The maximum atomic E-state index is 12.0. The Balaban J connectivity index is 1.63. The number of piperidine rings is 1. The first-order chi connectivity index (χ1) is 10.6. The molecule has 1 aromatic rings. The minimum absolute atomic E-state index is 0.138. The molecule has 1 amide bonds. The molecule has 1 saturated heterocycles. The van der Waals surface area contributed by atoms with E-state index >= 15 is 0 Å². The van der Waals surface area contributed by atoms with Gasteiger partial charge in [-0.25, -0.2) is 0 Å². The molecule has 6 heteroatoms. The lowest BCUT2D eigenvalue weighted by atomic mass is 9.93. The maximum absolute atomic E-state index is 12.0. The average Bonchev–Trinajstić information content (AvgIpc) is 2.97. The van der Waals surface area contributed by atoms with Crippen molar-refractivity contribution in [1.29, 1.82) is 0 Å². The van der Waals surface area contributed by atoms with Crippen LogP contribution in [0, 0.1) is 5.92 Å². The van der Waals surface area contributed by atoms with Crippen LogP contribution in [0.4, 0.5) is 0 Å². The third kappa shape index (κ3) is 5.09. The lowest BCUT2D eigenvalue weighted by molar-refractivity contribution is -0.122. The number of carbonyl (C=O) groups excluding carboxylic acids is 1. The van der Waals surface area contributed by atoms with E-state index in [9.17, 15) is 4.79 Å². The molecule has 1 aromatic heterocycles. The molecule has 2 rings (SSSR count). The van der Waals surface area contributed by atoms with Crippen molar-refractivity contribution in [2.45, 2.75) is 52.4 Å². The van der Waals surface area contributed by atoms with Gasteiger partial charge in [0.15, 0.2) is 5.82 Å². The molecule has 0 unspecified atom stereocenters. The SMILES string of the molecule is CCN1CCC(CC(=O)NCCc2nc(C(C)C)no2)CC1. The van der Waals surface area contributed by atoms with Gasteiger partial charge in [-0.1, -0.05) is 25.9 Å². The van der Waals surface area contributed by atoms with Gasteiger partial charge in [-0.15, -0.1) is 0 Å². The molecule has 0 aromatic carbocycles. The molecule has 0 aliphatic carbocycles. The predicted molar refractivity (Wildman–Crippen MR) is 84.6 cm³/mol. The number of rotatable bonds is 7. The Morgan fingerprint density at radius 3 is 2.73 bits per heavy atom. The minimum atomic E-state index is 0.138. The van der Waals surface area contributed by atoms with Gasteiger partial charge in [-0.05, 0) is 38.4 Å². The van der Waals surface area contributed by atoms with Crippen molar-refractivity contribution in [1.82, 2.24) is 20.4 Å². The van der Waals surface area contributed by atoms with E-state index in [0.29, 0.717) is 31.2 Å². The zero-order valence-corrected chi connectivity index (χ0v) is 14.0. The second kappa shape index (κ2) is 8.27. The molecule has 1 fully saturated rings. The van der Waals surface area contributed by atoms with Crippen LogP contribution in [0.25, 0.3) is 0 Å². The Kier molecular flexibility index (Phi) is 6.36. The second-order valence-electron chi connectivity index (χ2n) is 6.38. The van der Waals surface area contributed by atoms with Gasteiger partial charge in [0.2, 0.25) is 11.8 Å². The number of hydrogen-bond donors (Lipinski definition) is 1. The fourth-order valence-corrected chi connectivity index (χ4v) is 2.75. The standard InChI is InChI=1S/C16H28N4O2/c1-4-20-9-6-13(7-10-20)11-14(21)17-8-5-15-18-16(12(2)3)19-22-15/h12-13H,4-11H2,1-3H3,(H,17,21). The molecule has 0 spiro atoms. The molecule has 22 heavy (non-hydrogen) atoms. The predicted octanol–water partition coefficient (Wildman–Crippen LogP) is 1.97. The summed E-state index contributed by atoms with van der Waals surface area (Å²) >= 11 is 0. The Labute approximate surface area is 132 Å². The van der Waals surface area contributed by atoms with Crippen LogP contribution in [0.15, 0.2) is 4.52 Å². The average molecular weight is 308 g/mol. The summed E-state index contributed by atoms with van der Waals surface area (Å²) in [4.78, 5) is 18.7. The van der Waals surface area contributed by atoms with E-state index in [2.05, 4.69) is 27.3 Å². The van der Waals surface area contributed by atoms with Gasteiger partial charge in [-0.3, -0.25) is 4.79 Å². The monoisotopic (exact) mass is 308 g/mol. The van der Waals surface area contributed by atoms with Crippen LogP contribution in [-0.2, 0) is 11.2 Å². The molecule has 0 saturated carbocycles. The molecule has 1 aliphatic rings. The number of aromatic nitrogens is 2. The molecule has 1 aliphatic heterocycles. The highest BCUT2D eigenvalue weighted by molar-refractivity contribution is 5.76. The summed E-state index contributed by atoms with van der Waals surface area (Å²) in [5, 5.41) is 6.88. The Bertz CT molecular complexity index is 464. The van der Waals surface area contributed by atoms with Gasteiger partial charge in [0.25, 0.3) is 0 Å². The third-order valence-corrected chi connectivity index (χ3v) is 4.29. The first-order valence-electron chi connectivity index (χ1n) is 8.40. The van der Waals surface area contributed by atoms with Gasteiger partial charge in [0, 0.05) is 25.3 Å². The Hall–Kier alpha value is -1.43. The normalized spacial score (nSPS) is 17.1. The van der Waals surface area contributed by atoms with Gasteiger partial charge in [0.1, 0.15) is 0 Å². The van der Waals surface area contributed by atoms with E-state index in [1.54, 1.807) is 0 Å². The van der Waals surface area contributed by atoms with Crippen molar-refractivity contribution in [2.24, 2.45) is 5.92 Å². The summed E-state index contributed by atoms with van der Waals surface area (Å²) in [7, 11) is 0. The van der Waals surface area contributed by atoms with Crippen molar-refractivity contribution < 1.29 is 9.32 Å². The van der Waals surface area contributed by atoms with E-state index in [0.717, 1.165) is 38.3 Å². The summed E-state index contributed by atoms with van der Waals surface area (Å²) in [6.07, 6.45) is 3.49. The highest BCUT2D eigenvalue weighted by Gasteiger charge is 2.20. The molecule has 0 bridgehead atoms. The van der Waals surface area contributed by atoms with Crippen LogP contribution in [-0.4, -0.2) is 47.1 Å². The fraction of sp³-hybridized carbons (Fsp3) is 0.812. The number of nitrogens with zero attached hydrogens (tertiary/aromatic N) is 3.